The van der Waals surface area contributed by atoms with Gasteiger partial charge in [0.15, 0.2) is 0 Å². The van der Waals surface area contributed by atoms with Crippen LogP contribution in [0.25, 0.3) is 0 Å². The van der Waals surface area contributed by atoms with Gasteiger partial charge in [0.05, 0.1) is 23.5 Å². The highest BCUT2D eigenvalue weighted by Gasteiger charge is 2.42. The largest absolute Gasteiger partial charge is 0.481 e. The minimum atomic E-state index is -3.62. The van der Waals surface area contributed by atoms with E-state index < -0.39 is 16.0 Å². The summed E-state index contributed by atoms with van der Waals surface area (Å²) in [6.07, 6.45) is 3.76. The molecule has 3 rings (SSSR count). The van der Waals surface area contributed by atoms with Crippen molar-refractivity contribution < 1.29 is 23.1 Å². The Morgan fingerprint density at radius 3 is 2.74 bits per heavy atom. The van der Waals surface area contributed by atoms with Crippen molar-refractivity contribution in [1.29, 1.82) is 0 Å². The van der Waals surface area contributed by atoms with Crippen LogP contribution in [-0.2, 0) is 26.0 Å². The van der Waals surface area contributed by atoms with Crippen molar-refractivity contribution in [2.75, 3.05) is 19.7 Å². The van der Waals surface area contributed by atoms with Crippen molar-refractivity contribution in [2.45, 2.75) is 42.6 Å². The second kappa shape index (κ2) is 6.22. The molecule has 2 fully saturated rings. The van der Waals surface area contributed by atoms with Gasteiger partial charge in [-0.1, -0.05) is 25.0 Å². The molecule has 126 valence electrons. The fourth-order valence-electron chi connectivity index (χ4n) is 3.48. The fourth-order valence-corrected chi connectivity index (χ4v) is 5.05. The van der Waals surface area contributed by atoms with Crippen LogP contribution < -0.4 is 0 Å². The maximum Gasteiger partial charge on any atom is 0.307 e. The molecule has 1 aliphatic heterocycles. The molecule has 6 nitrogen and oxygen atoms in total. The standard InChI is InChI=1S/C16H21NO5S/c18-15(19)11-13-4-3-5-14(10-13)23(20,21)17-8-9-22-16(12-17)6-1-2-7-16/h3-5,10H,1-2,6-9,11-12H2,(H,18,19). The third-order valence-corrected chi connectivity index (χ3v) is 6.46. The number of carboxylic acids is 1. The first-order valence-corrected chi connectivity index (χ1v) is 9.30. The second-order valence-electron chi connectivity index (χ2n) is 6.30. The van der Waals surface area contributed by atoms with Crippen LogP contribution in [0.4, 0.5) is 0 Å². The van der Waals surface area contributed by atoms with Crippen LogP contribution in [0.3, 0.4) is 0 Å². The summed E-state index contributed by atoms with van der Waals surface area (Å²) in [4.78, 5) is 11.0. The van der Waals surface area contributed by atoms with Gasteiger partial charge in [0.25, 0.3) is 0 Å². The summed E-state index contributed by atoms with van der Waals surface area (Å²) >= 11 is 0. The van der Waals surface area contributed by atoms with E-state index in [9.17, 15) is 13.2 Å². The Kier molecular flexibility index (Phi) is 4.44. The van der Waals surface area contributed by atoms with Gasteiger partial charge in [-0.15, -0.1) is 0 Å². The first kappa shape index (κ1) is 16.4. The van der Waals surface area contributed by atoms with Gasteiger partial charge in [0.1, 0.15) is 0 Å². The zero-order valence-electron chi connectivity index (χ0n) is 12.9. The summed E-state index contributed by atoms with van der Waals surface area (Å²) in [6, 6.07) is 6.21. The van der Waals surface area contributed by atoms with Crippen molar-refractivity contribution in [1.82, 2.24) is 4.31 Å². The summed E-state index contributed by atoms with van der Waals surface area (Å²) in [6.45, 7) is 1.14. The Labute approximate surface area is 136 Å². The van der Waals surface area contributed by atoms with Crippen LogP contribution in [-0.4, -0.2) is 49.1 Å². The number of carboxylic acid groups (broad SMARTS) is 1. The molecule has 1 saturated carbocycles. The van der Waals surface area contributed by atoms with E-state index in [2.05, 4.69) is 0 Å². The van der Waals surface area contributed by atoms with Crippen LogP contribution in [0, 0.1) is 0 Å². The van der Waals surface area contributed by atoms with E-state index in [-0.39, 0.29) is 16.9 Å². The maximum absolute atomic E-state index is 12.9. The molecule has 1 heterocycles. The van der Waals surface area contributed by atoms with Crippen molar-refractivity contribution >= 4 is 16.0 Å². The molecule has 7 heteroatoms. The van der Waals surface area contributed by atoms with Crippen LogP contribution in [0.15, 0.2) is 29.2 Å². The maximum atomic E-state index is 12.9. The summed E-state index contributed by atoms with van der Waals surface area (Å²) < 4.78 is 33.1. The molecule has 1 aliphatic carbocycles. The van der Waals surface area contributed by atoms with Gasteiger partial charge in [0.2, 0.25) is 10.0 Å². The van der Waals surface area contributed by atoms with Crippen LogP contribution in [0.5, 0.6) is 0 Å². The number of hydrogen-bond donors (Lipinski definition) is 1. The highest BCUT2D eigenvalue weighted by molar-refractivity contribution is 7.89. The molecular formula is C16H21NO5S. The van der Waals surface area contributed by atoms with E-state index in [4.69, 9.17) is 9.84 Å². The lowest BCUT2D eigenvalue weighted by Gasteiger charge is -2.39. The lowest BCUT2D eigenvalue weighted by molar-refractivity contribution is -0.136. The highest BCUT2D eigenvalue weighted by Crippen LogP contribution is 2.37. The molecular weight excluding hydrogens is 318 g/mol. The molecule has 1 saturated heterocycles. The average Bonchev–Trinajstić information content (AvgIpc) is 2.94. The van der Waals surface area contributed by atoms with Crippen LogP contribution >= 0.6 is 0 Å². The molecule has 0 aromatic heterocycles. The smallest absolute Gasteiger partial charge is 0.307 e. The molecule has 2 aliphatic rings. The van der Waals surface area contributed by atoms with E-state index in [1.54, 1.807) is 12.1 Å². The molecule has 1 aromatic carbocycles. The Bertz CT molecular complexity index is 694. The Morgan fingerprint density at radius 2 is 2.04 bits per heavy atom. The van der Waals surface area contributed by atoms with Gasteiger partial charge in [0, 0.05) is 13.1 Å². The molecule has 0 unspecified atom stereocenters. The summed E-state index contributed by atoms with van der Waals surface area (Å²) in [5.74, 6) is -0.976. The predicted octanol–water partition coefficient (Wildman–Crippen LogP) is 1.65. The number of morpholine rings is 1. The first-order valence-electron chi connectivity index (χ1n) is 7.86. The summed E-state index contributed by atoms with van der Waals surface area (Å²) in [5.41, 5.74) is 0.159. The van der Waals surface area contributed by atoms with Gasteiger partial charge < -0.3 is 9.84 Å². The number of ether oxygens (including phenoxy) is 1. The van der Waals surface area contributed by atoms with E-state index >= 15 is 0 Å². The van der Waals surface area contributed by atoms with Crippen molar-refractivity contribution in [2.24, 2.45) is 0 Å². The lowest BCUT2D eigenvalue weighted by atomic mass is 10.0. The molecule has 1 N–H and O–H groups in total. The Morgan fingerprint density at radius 1 is 1.30 bits per heavy atom. The normalized spacial score (nSPS) is 21.6. The number of rotatable bonds is 4. The monoisotopic (exact) mass is 339 g/mol. The van der Waals surface area contributed by atoms with Crippen LogP contribution in [0.1, 0.15) is 31.2 Å². The van der Waals surface area contributed by atoms with Crippen molar-refractivity contribution in [3.05, 3.63) is 29.8 Å². The number of benzene rings is 1. The number of sulfonamides is 1. The topological polar surface area (TPSA) is 83.9 Å². The third-order valence-electron chi connectivity index (χ3n) is 4.62. The van der Waals surface area contributed by atoms with Crippen molar-refractivity contribution in [3.8, 4) is 0 Å². The van der Waals surface area contributed by atoms with Crippen molar-refractivity contribution in [3.63, 3.8) is 0 Å². The quantitative estimate of drug-likeness (QED) is 0.902. The van der Waals surface area contributed by atoms with Gasteiger partial charge >= 0.3 is 5.97 Å². The molecule has 0 amide bonds. The highest BCUT2D eigenvalue weighted by atomic mass is 32.2. The number of aliphatic carboxylic acids is 1. The van der Waals surface area contributed by atoms with E-state index in [0.717, 1.165) is 25.7 Å². The Hall–Kier alpha value is -1.44. The van der Waals surface area contributed by atoms with Crippen LogP contribution in [0.2, 0.25) is 0 Å². The van der Waals surface area contributed by atoms with E-state index in [0.29, 0.717) is 25.3 Å². The van der Waals surface area contributed by atoms with E-state index in [1.165, 1.54) is 16.4 Å². The van der Waals surface area contributed by atoms with Gasteiger partial charge in [-0.05, 0) is 30.5 Å². The number of nitrogens with zero attached hydrogens (tertiary/aromatic N) is 1. The van der Waals surface area contributed by atoms with Gasteiger partial charge in [-0.25, -0.2) is 8.42 Å². The predicted molar refractivity (Wildman–Crippen MR) is 83.7 cm³/mol. The fraction of sp³-hybridized carbons (Fsp3) is 0.562. The zero-order chi connectivity index (χ0) is 16.5. The SMILES string of the molecule is O=C(O)Cc1cccc(S(=O)(=O)N2CCOC3(CCCC3)C2)c1. The molecule has 0 atom stereocenters. The molecule has 0 radical (unpaired) electrons. The molecule has 1 aromatic rings. The second-order valence-corrected chi connectivity index (χ2v) is 8.23. The third kappa shape index (κ3) is 3.41. The Balaban J connectivity index is 1.84. The lowest BCUT2D eigenvalue weighted by Crippen LogP contribution is -2.52. The minimum absolute atomic E-state index is 0.159. The van der Waals surface area contributed by atoms with E-state index in [1.807, 2.05) is 0 Å². The van der Waals surface area contributed by atoms with Gasteiger partial charge in [-0.2, -0.15) is 4.31 Å². The molecule has 23 heavy (non-hydrogen) atoms. The summed E-state index contributed by atoms with van der Waals surface area (Å²) in [7, 11) is -3.62. The number of carbonyl (C=O) groups is 1. The summed E-state index contributed by atoms with van der Waals surface area (Å²) in [5, 5.41) is 8.87. The number of hydrogen-bond acceptors (Lipinski definition) is 4. The molecule has 1 spiro atoms. The van der Waals surface area contributed by atoms with Gasteiger partial charge in [-0.3, -0.25) is 4.79 Å². The average molecular weight is 339 g/mol. The first-order chi connectivity index (χ1) is 10.9. The minimum Gasteiger partial charge on any atom is -0.481 e. The molecule has 0 bridgehead atoms. The zero-order valence-corrected chi connectivity index (χ0v) is 13.7.